The summed E-state index contributed by atoms with van der Waals surface area (Å²) in [5.41, 5.74) is 6.92. The van der Waals surface area contributed by atoms with Crippen LogP contribution in [0.15, 0.2) is 29.0 Å². The summed E-state index contributed by atoms with van der Waals surface area (Å²) < 4.78 is 0. The van der Waals surface area contributed by atoms with E-state index in [0.29, 0.717) is 23.3 Å². The number of hydrogen-bond acceptors (Lipinski definition) is 1. The molecule has 0 N–H and O–H groups in total. The van der Waals surface area contributed by atoms with Gasteiger partial charge in [-0.15, -0.1) is 5.73 Å². The van der Waals surface area contributed by atoms with Crippen LogP contribution in [-0.4, -0.2) is 5.78 Å². The van der Waals surface area contributed by atoms with E-state index in [1.165, 1.54) is 36.8 Å². The van der Waals surface area contributed by atoms with E-state index in [-0.39, 0.29) is 11.2 Å². The molecule has 0 aromatic heterocycles. The highest BCUT2D eigenvalue weighted by Crippen LogP contribution is 2.60. The van der Waals surface area contributed by atoms with Crippen molar-refractivity contribution in [1.29, 1.82) is 0 Å². The number of ketones is 1. The second-order valence-electron chi connectivity index (χ2n) is 8.01. The van der Waals surface area contributed by atoms with E-state index in [2.05, 4.69) is 40.0 Å². The monoisotopic (exact) mass is 286 g/mol. The Balaban J connectivity index is 2.38. The van der Waals surface area contributed by atoms with Gasteiger partial charge in [0.2, 0.25) is 0 Å². The zero-order chi connectivity index (χ0) is 15.8. The Morgan fingerprint density at radius 1 is 1.33 bits per heavy atom. The molecule has 2 rings (SSSR count). The molecule has 1 fully saturated rings. The summed E-state index contributed by atoms with van der Waals surface area (Å²) in [4.78, 5) is 12.4. The first-order chi connectivity index (χ1) is 9.72. The summed E-state index contributed by atoms with van der Waals surface area (Å²) in [7, 11) is 0. The maximum atomic E-state index is 12.4. The third-order valence-electron chi connectivity index (χ3n) is 6.26. The Labute approximate surface area is 130 Å². The fraction of sp³-hybridized carbons (Fsp3) is 0.700. The molecule has 2 aliphatic carbocycles. The van der Waals surface area contributed by atoms with Crippen LogP contribution in [0.5, 0.6) is 0 Å². The van der Waals surface area contributed by atoms with Crippen LogP contribution in [0.25, 0.3) is 0 Å². The number of fused-ring (bicyclic) bond motifs is 1. The number of allylic oxidation sites excluding steroid dienone is 3. The Morgan fingerprint density at radius 3 is 2.62 bits per heavy atom. The first kappa shape index (κ1) is 16.3. The molecule has 1 heteroatoms. The van der Waals surface area contributed by atoms with Crippen LogP contribution in [0.3, 0.4) is 0 Å². The van der Waals surface area contributed by atoms with Gasteiger partial charge in [0.15, 0.2) is 5.78 Å². The molecule has 0 heterocycles. The van der Waals surface area contributed by atoms with Gasteiger partial charge in [0.05, 0.1) is 0 Å². The highest BCUT2D eigenvalue weighted by Gasteiger charge is 2.50. The fourth-order valence-corrected chi connectivity index (χ4v) is 4.94. The molecule has 116 valence electrons. The standard InChI is InChI=1S/C20H30O/c1-7-14(2)17(21)13-16-15(3)9-10-18-19(4,5)11-8-12-20(16,18)6/h18H,1,8-13H2,2-6H3/t18-,20+/m0/s1. The van der Waals surface area contributed by atoms with Crippen molar-refractivity contribution in [1.82, 2.24) is 0 Å². The average molecular weight is 286 g/mol. The minimum atomic E-state index is 0.199. The normalized spacial score (nSPS) is 31.4. The highest BCUT2D eigenvalue weighted by atomic mass is 16.1. The Hall–Kier alpha value is -1.07. The number of carbonyl (C=O) groups excluding carboxylic acids is 1. The summed E-state index contributed by atoms with van der Waals surface area (Å²) >= 11 is 0. The zero-order valence-electron chi connectivity index (χ0n) is 14.4. The van der Waals surface area contributed by atoms with Crippen molar-refractivity contribution >= 4 is 5.78 Å². The lowest BCUT2D eigenvalue weighted by atomic mass is 9.50. The molecule has 21 heavy (non-hydrogen) atoms. The summed E-state index contributed by atoms with van der Waals surface area (Å²) in [6.45, 7) is 14.9. The molecule has 0 saturated heterocycles. The van der Waals surface area contributed by atoms with E-state index in [1.807, 2.05) is 6.92 Å². The van der Waals surface area contributed by atoms with Crippen LogP contribution >= 0.6 is 0 Å². The van der Waals surface area contributed by atoms with Gasteiger partial charge in [-0.25, -0.2) is 0 Å². The van der Waals surface area contributed by atoms with Crippen LogP contribution in [0.2, 0.25) is 0 Å². The van der Waals surface area contributed by atoms with E-state index in [4.69, 9.17) is 0 Å². The lowest BCUT2D eigenvalue weighted by Gasteiger charge is -2.55. The molecule has 1 nitrogen and oxygen atoms in total. The van der Waals surface area contributed by atoms with E-state index in [0.717, 1.165) is 6.42 Å². The lowest BCUT2D eigenvalue weighted by molar-refractivity contribution is -0.115. The van der Waals surface area contributed by atoms with Gasteiger partial charge < -0.3 is 0 Å². The van der Waals surface area contributed by atoms with Gasteiger partial charge in [0.1, 0.15) is 0 Å². The van der Waals surface area contributed by atoms with Crippen molar-refractivity contribution in [2.24, 2.45) is 16.7 Å². The molecule has 0 radical (unpaired) electrons. The summed E-state index contributed by atoms with van der Waals surface area (Å²) in [5.74, 6) is 0.905. The third kappa shape index (κ3) is 2.81. The first-order valence-electron chi connectivity index (χ1n) is 8.31. The van der Waals surface area contributed by atoms with Crippen LogP contribution in [0.4, 0.5) is 0 Å². The van der Waals surface area contributed by atoms with Gasteiger partial charge in [-0.1, -0.05) is 44.9 Å². The zero-order valence-corrected chi connectivity index (χ0v) is 14.4. The summed E-state index contributed by atoms with van der Waals surface area (Å²) in [5, 5.41) is 0. The Morgan fingerprint density at radius 2 is 2.00 bits per heavy atom. The van der Waals surface area contributed by atoms with Gasteiger partial charge in [-0.05, 0) is 56.3 Å². The third-order valence-corrected chi connectivity index (χ3v) is 6.26. The quantitative estimate of drug-likeness (QED) is 0.374. The lowest BCUT2D eigenvalue weighted by Crippen LogP contribution is -2.45. The van der Waals surface area contributed by atoms with Gasteiger partial charge in [0.25, 0.3) is 0 Å². The van der Waals surface area contributed by atoms with Crippen LogP contribution in [0, 0.1) is 16.7 Å². The van der Waals surface area contributed by atoms with Gasteiger partial charge in [0, 0.05) is 12.0 Å². The van der Waals surface area contributed by atoms with Crippen molar-refractivity contribution in [3.05, 3.63) is 29.0 Å². The van der Waals surface area contributed by atoms with E-state index in [9.17, 15) is 4.79 Å². The minimum Gasteiger partial charge on any atom is -0.294 e. The van der Waals surface area contributed by atoms with Crippen molar-refractivity contribution < 1.29 is 4.79 Å². The molecule has 0 aromatic rings. The predicted molar refractivity (Wildman–Crippen MR) is 89.1 cm³/mol. The van der Waals surface area contributed by atoms with Crippen molar-refractivity contribution in [2.45, 2.75) is 73.1 Å². The minimum absolute atomic E-state index is 0.199. The molecule has 1 saturated carbocycles. The molecular weight excluding hydrogens is 256 g/mol. The second-order valence-corrected chi connectivity index (χ2v) is 8.01. The Kier molecular flexibility index (Phi) is 4.36. The van der Waals surface area contributed by atoms with Gasteiger partial charge in [-0.2, -0.15) is 0 Å². The Bertz CT molecular complexity index is 528. The van der Waals surface area contributed by atoms with Crippen LogP contribution in [-0.2, 0) is 4.79 Å². The van der Waals surface area contributed by atoms with Crippen molar-refractivity contribution in [2.75, 3.05) is 0 Å². The number of hydrogen-bond donors (Lipinski definition) is 0. The molecule has 0 aliphatic heterocycles. The number of Topliss-reactive ketones (excluding diaryl/α,β-unsaturated/α-hetero) is 1. The smallest absolute Gasteiger partial charge is 0.170 e. The topological polar surface area (TPSA) is 17.1 Å². The van der Waals surface area contributed by atoms with Crippen LogP contribution in [0.1, 0.15) is 73.1 Å². The molecule has 0 aromatic carbocycles. The number of rotatable bonds is 3. The van der Waals surface area contributed by atoms with Crippen molar-refractivity contribution in [3.8, 4) is 0 Å². The molecular formula is C20H30O. The summed E-state index contributed by atoms with van der Waals surface area (Å²) in [6.07, 6.45) is 6.84. The second kappa shape index (κ2) is 5.61. The molecule has 2 aliphatic rings. The average Bonchev–Trinajstić information content (AvgIpc) is 2.40. The maximum Gasteiger partial charge on any atom is 0.170 e. The SMILES string of the molecule is C=C=C(C)C(=O)CC1=C(C)CC[C@H]2C(C)(C)CCC[C@]12C. The van der Waals surface area contributed by atoms with Gasteiger partial charge in [-0.3, -0.25) is 4.79 Å². The maximum absolute atomic E-state index is 12.4. The molecule has 0 amide bonds. The number of carbonyl (C=O) groups is 1. The predicted octanol–water partition coefficient (Wildman–Crippen LogP) is 5.62. The van der Waals surface area contributed by atoms with E-state index in [1.54, 1.807) is 0 Å². The summed E-state index contributed by atoms with van der Waals surface area (Å²) in [6, 6.07) is 0. The molecule has 0 unspecified atom stereocenters. The first-order valence-corrected chi connectivity index (χ1v) is 8.31. The largest absolute Gasteiger partial charge is 0.294 e. The van der Waals surface area contributed by atoms with Gasteiger partial charge >= 0.3 is 0 Å². The van der Waals surface area contributed by atoms with Crippen molar-refractivity contribution in [3.63, 3.8) is 0 Å². The van der Waals surface area contributed by atoms with Crippen LogP contribution < -0.4 is 0 Å². The van der Waals surface area contributed by atoms with E-state index < -0.39 is 0 Å². The van der Waals surface area contributed by atoms with E-state index >= 15 is 0 Å². The highest BCUT2D eigenvalue weighted by molar-refractivity contribution is 5.96. The molecule has 2 atom stereocenters. The molecule has 0 spiro atoms. The molecule has 0 bridgehead atoms. The fourth-order valence-electron chi connectivity index (χ4n) is 4.94.